The quantitative estimate of drug-likeness (QED) is 0.589. The third-order valence-electron chi connectivity index (χ3n) is 2.11. The molecule has 2 nitrogen and oxygen atoms in total. The van der Waals surface area contributed by atoms with Crippen molar-refractivity contribution < 1.29 is 18.3 Å². The molecular formula is C13H8F2O2. The minimum atomic E-state index is -0.782. The number of benzene rings is 2. The number of carbonyl (C=O) groups excluding carboxylic acids is 1. The number of carbonyl (C=O) groups is 1. The van der Waals surface area contributed by atoms with Gasteiger partial charge in [-0.2, -0.15) is 0 Å². The molecule has 0 N–H and O–H groups in total. The predicted octanol–water partition coefficient (Wildman–Crippen LogP) is 3.18. The molecule has 2 aromatic carbocycles. The Kier molecular flexibility index (Phi) is 3.14. The molecule has 0 bridgehead atoms. The van der Waals surface area contributed by atoms with Crippen LogP contribution in [0.1, 0.15) is 10.4 Å². The molecule has 0 unspecified atom stereocenters. The van der Waals surface area contributed by atoms with Gasteiger partial charge in [0.1, 0.15) is 5.82 Å². The topological polar surface area (TPSA) is 26.3 Å². The van der Waals surface area contributed by atoms with Gasteiger partial charge in [0.25, 0.3) is 0 Å². The van der Waals surface area contributed by atoms with Crippen LogP contribution in [0, 0.1) is 11.6 Å². The second kappa shape index (κ2) is 4.74. The molecule has 2 rings (SSSR count). The Hall–Kier alpha value is -2.23. The van der Waals surface area contributed by atoms with Crippen LogP contribution in [0.3, 0.4) is 0 Å². The molecule has 0 aromatic heterocycles. The molecule has 86 valence electrons. The van der Waals surface area contributed by atoms with Crippen molar-refractivity contribution >= 4 is 5.97 Å². The van der Waals surface area contributed by atoms with E-state index in [-0.39, 0.29) is 5.56 Å². The predicted molar refractivity (Wildman–Crippen MR) is 57.8 cm³/mol. The van der Waals surface area contributed by atoms with E-state index in [0.717, 1.165) is 18.2 Å². The molecule has 2 aromatic rings. The smallest absolute Gasteiger partial charge is 0.343 e. The van der Waals surface area contributed by atoms with Gasteiger partial charge in [0.05, 0.1) is 5.56 Å². The van der Waals surface area contributed by atoms with E-state index in [1.54, 1.807) is 18.2 Å². The SMILES string of the molecule is O=C(Oc1cc(F)ccc1F)c1ccccc1. The average molecular weight is 234 g/mol. The highest BCUT2D eigenvalue weighted by Crippen LogP contribution is 2.19. The second-order valence-corrected chi connectivity index (χ2v) is 3.33. The third-order valence-corrected chi connectivity index (χ3v) is 2.11. The third kappa shape index (κ3) is 2.66. The standard InChI is InChI=1S/C13H8F2O2/c14-10-6-7-11(15)12(8-10)17-13(16)9-4-2-1-3-5-9/h1-8H. The van der Waals surface area contributed by atoms with E-state index < -0.39 is 23.4 Å². The Morgan fingerprint density at radius 2 is 1.71 bits per heavy atom. The molecule has 0 fully saturated rings. The molecule has 0 atom stereocenters. The van der Waals surface area contributed by atoms with Gasteiger partial charge in [-0.05, 0) is 24.3 Å². The van der Waals surface area contributed by atoms with Crippen molar-refractivity contribution in [1.82, 2.24) is 0 Å². The van der Waals surface area contributed by atoms with Crippen LogP contribution in [0.15, 0.2) is 48.5 Å². The van der Waals surface area contributed by atoms with E-state index in [4.69, 9.17) is 4.74 Å². The molecule has 0 aliphatic carbocycles. The van der Waals surface area contributed by atoms with Crippen molar-refractivity contribution in [2.24, 2.45) is 0 Å². The summed E-state index contributed by atoms with van der Waals surface area (Å²) < 4.78 is 30.8. The average Bonchev–Trinajstić information content (AvgIpc) is 2.35. The summed E-state index contributed by atoms with van der Waals surface area (Å²) in [7, 11) is 0. The van der Waals surface area contributed by atoms with E-state index in [0.29, 0.717) is 0 Å². The lowest BCUT2D eigenvalue weighted by Gasteiger charge is -2.05. The maximum Gasteiger partial charge on any atom is 0.343 e. The van der Waals surface area contributed by atoms with E-state index >= 15 is 0 Å². The van der Waals surface area contributed by atoms with E-state index in [1.807, 2.05) is 0 Å². The Morgan fingerprint density at radius 3 is 2.41 bits per heavy atom. The van der Waals surface area contributed by atoms with Crippen LogP contribution < -0.4 is 4.74 Å². The highest BCUT2D eigenvalue weighted by molar-refractivity contribution is 5.90. The zero-order valence-electron chi connectivity index (χ0n) is 8.69. The summed E-state index contributed by atoms with van der Waals surface area (Å²) >= 11 is 0. The minimum absolute atomic E-state index is 0.274. The lowest BCUT2D eigenvalue weighted by molar-refractivity contribution is 0.0727. The van der Waals surface area contributed by atoms with E-state index in [1.165, 1.54) is 12.1 Å². The van der Waals surface area contributed by atoms with Crippen molar-refractivity contribution in [3.05, 3.63) is 65.7 Å². The summed E-state index contributed by atoms with van der Waals surface area (Å²) in [5.74, 6) is -2.59. The van der Waals surface area contributed by atoms with Crippen LogP contribution in [-0.4, -0.2) is 5.97 Å². The normalized spacial score (nSPS) is 10.0. The lowest BCUT2D eigenvalue weighted by atomic mass is 10.2. The first-order chi connectivity index (χ1) is 8.16. The van der Waals surface area contributed by atoms with Crippen molar-refractivity contribution in [3.8, 4) is 5.75 Å². The monoisotopic (exact) mass is 234 g/mol. The van der Waals surface area contributed by atoms with Crippen molar-refractivity contribution in [2.75, 3.05) is 0 Å². The van der Waals surface area contributed by atoms with Crippen molar-refractivity contribution in [3.63, 3.8) is 0 Å². The maximum absolute atomic E-state index is 13.2. The van der Waals surface area contributed by atoms with Gasteiger partial charge in [0, 0.05) is 6.07 Å². The highest BCUT2D eigenvalue weighted by atomic mass is 19.1. The summed E-state index contributed by atoms with van der Waals surface area (Å²) in [5.41, 5.74) is 0.274. The summed E-state index contributed by atoms with van der Waals surface area (Å²) in [6, 6.07) is 10.8. The molecule has 0 amide bonds. The molecule has 0 aliphatic heterocycles. The van der Waals surface area contributed by atoms with Crippen molar-refractivity contribution in [1.29, 1.82) is 0 Å². The Morgan fingerprint density at radius 1 is 1.00 bits per heavy atom. The first-order valence-corrected chi connectivity index (χ1v) is 4.89. The van der Waals surface area contributed by atoms with Gasteiger partial charge in [0.2, 0.25) is 0 Å². The van der Waals surface area contributed by atoms with Crippen LogP contribution in [0.4, 0.5) is 8.78 Å². The van der Waals surface area contributed by atoms with Crippen molar-refractivity contribution in [2.45, 2.75) is 0 Å². The number of hydrogen-bond acceptors (Lipinski definition) is 2. The number of halogens is 2. The molecular weight excluding hydrogens is 226 g/mol. The van der Waals surface area contributed by atoms with Crippen LogP contribution in [0.25, 0.3) is 0 Å². The number of ether oxygens (including phenoxy) is 1. The zero-order chi connectivity index (χ0) is 12.3. The molecule has 0 saturated heterocycles. The molecule has 0 saturated carbocycles. The van der Waals surface area contributed by atoms with Gasteiger partial charge < -0.3 is 4.74 Å². The Balaban J connectivity index is 2.22. The highest BCUT2D eigenvalue weighted by Gasteiger charge is 2.12. The number of rotatable bonds is 2. The maximum atomic E-state index is 13.2. The van der Waals surface area contributed by atoms with Crippen LogP contribution >= 0.6 is 0 Å². The number of esters is 1. The zero-order valence-corrected chi connectivity index (χ0v) is 8.69. The summed E-state index contributed by atoms with van der Waals surface area (Å²) in [4.78, 5) is 11.6. The van der Waals surface area contributed by atoms with Gasteiger partial charge in [0.15, 0.2) is 11.6 Å². The Bertz CT molecular complexity index is 538. The van der Waals surface area contributed by atoms with Crippen LogP contribution in [-0.2, 0) is 0 Å². The van der Waals surface area contributed by atoms with Gasteiger partial charge in [-0.15, -0.1) is 0 Å². The summed E-state index contributed by atoms with van der Waals surface area (Å²) in [6.07, 6.45) is 0. The van der Waals surface area contributed by atoms with E-state index in [9.17, 15) is 13.6 Å². The molecule has 4 heteroatoms. The minimum Gasteiger partial charge on any atom is -0.420 e. The van der Waals surface area contributed by atoms with Gasteiger partial charge in [-0.3, -0.25) is 0 Å². The molecule has 17 heavy (non-hydrogen) atoms. The van der Waals surface area contributed by atoms with Gasteiger partial charge in [-0.1, -0.05) is 18.2 Å². The van der Waals surface area contributed by atoms with Gasteiger partial charge >= 0.3 is 5.97 Å². The van der Waals surface area contributed by atoms with Gasteiger partial charge in [-0.25, -0.2) is 13.6 Å². The molecule has 0 heterocycles. The number of hydrogen-bond donors (Lipinski definition) is 0. The second-order valence-electron chi connectivity index (χ2n) is 3.33. The fourth-order valence-corrected chi connectivity index (χ4v) is 1.29. The molecule has 0 aliphatic rings. The first-order valence-electron chi connectivity index (χ1n) is 4.89. The largest absolute Gasteiger partial charge is 0.420 e. The first kappa shape index (κ1) is 11.3. The molecule has 0 spiro atoms. The fraction of sp³-hybridized carbons (Fsp3) is 0. The Labute approximate surface area is 96.5 Å². The summed E-state index contributed by atoms with van der Waals surface area (Å²) in [5, 5.41) is 0. The lowest BCUT2D eigenvalue weighted by Crippen LogP contribution is -2.09. The van der Waals surface area contributed by atoms with E-state index in [2.05, 4.69) is 0 Å². The fourth-order valence-electron chi connectivity index (χ4n) is 1.29. The summed E-state index contributed by atoms with van der Waals surface area (Å²) in [6.45, 7) is 0. The van der Waals surface area contributed by atoms with Crippen LogP contribution in [0.2, 0.25) is 0 Å². The van der Waals surface area contributed by atoms with Crippen LogP contribution in [0.5, 0.6) is 5.75 Å². The molecule has 0 radical (unpaired) electrons.